The van der Waals surface area contributed by atoms with E-state index in [9.17, 15) is 4.79 Å². The smallest absolute Gasteiger partial charge is 0.403 e. The molecule has 0 rings (SSSR count). The highest BCUT2D eigenvalue weighted by Crippen LogP contribution is 2.07. The molecule has 3 heteroatoms. The molecule has 10 heavy (non-hydrogen) atoms. The molecule has 0 saturated heterocycles. The van der Waals surface area contributed by atoms with Crippen LogP contribution >= 0.6 is 11.6 Å². The number of carbonyl (C=O) groups excluding carboxylic acids is 1. The number of rotatable bonds is 4. The van der Waals surface area contributed by atoms with Gasteiger partial charge in [-0.05, 0) is 5.92 Å². The third-order valence-corrected chi connectivity index (χ3v) is 1.70. The van der Waals surface area contributed by atoms with Gasteiger partial charge in [-0.1, -0.05) is 26.7 Å². The van der Waals surface area contributed by atoms with E-state index in [1.165, 1.54) is 0 Å². The normalized spacial score (nSPS) is 10.0. The van der Waals surface area contributed by atoms with Crippen LogP contribution < -0.4 is 0 Å². The van der Waals surface area contributed by atoms with Crippen molar-refractivity contribution < 1.29 is 9.53 Å². The number of halogens is 1. The molecule has 0 aliphatic carbocycles. The van der Waals surface area contributed by atoms with E-state index >= 15 is 0 Å². The van der Waals surface area contributed by atoms with E-state index in [0.29, 0.717) is 12.5 Å². The molecule has 0 unspecified atom stereocenters. The van der Waals surface area contributed by atoms with Gasteiger partial charge in [-0.25, -0.2) is 4.79 Å². The van der Waals surface area contributed by atoms with E-state index in [-0.39, 0.29) is 0 Å². The third-order valence-electron chi connectivity index (χ3n) is 1.59. The third kappa shape index (κ3) is 4.62. The average Bonchev–Trinajstić information content (AvgIpc) is 1.90. The molecule has 0 atom stereocenters. The van der Waals surface area contributed by atoms with Crippen LogP contribution in [-0.2, 0) is 4.74 Å². The van der Waals surface area contributed by atoms with Crippen molar-refractivity contribution in [3.05, 3.63) is 0 Å². The SMILES string of the molecule is CCC(CC)COC(=O)Cl. The molecule has 0 aliphatic heterocycles. The molecule has 0 aliphatic rings. The largest absolute Gasteiger partial charge is 0.453 e. The molecule has 0 aromatic heterocycles. The summed E-state index contributed by atoms with van der Waals surface area (Å²) in [5, 5.41) is 0. The summed E-state index contributed by atoms with van der Waals surface area (Å²) in [6.07, 6.45) is 2.06. The van der Waals surface area contributed by atoms with Crippen molar-refractivity contribution in [2.45, 2.75) is 26.7 Å². The lowest BCUT2D eigenvalue weighted by Crippen LogP contribution is -2.08. The van der Waals surface area contributed by atoms with E-state index < -0.39 is 5.43 Å². The first-order chi connectivity index (χ1) is 4.70. The van der Waals surface area contributed by atoms with E-state index in [1.807, 2.05) is 0 Å². The Morgan fingerprint density at radius 1 is 1.50 bits per heavy atom. The number of hydrogen-bond donors (Lipinski definition) is 0. The van der Waals surface area contributed by atoms with Gasteiger partial charge in [0.1, 0.15) is 0 Å². The Balaban J connectivity index is 3.34. The molecule has 0 N–H and O–H groups in total. The maximum absolute atomic E-state index is 10.1. The lowest BCUT2D eigenvalue weighted by Gasteiger charge is -2.09. The lowest BCUT2D eigenvalue weighted by atomic mass is 10.1. The zero-order chi connectivity index (χ0) is 7.98. The zero-order valence-corrected chi connectivity index (χ0v) is 7.15. The summed E-state index contributed by atoms with van der Waals surface area (Å²) in [7, 11) is 0. The van der Waals surface area contributed by atoms with Crippen molar-refractivity contribution in [2.75, 3.05) is 6.61 Å². The Labute approximate surface area is 66.5 Å². The van der Waals surface area contributed by atoms with Crippen LogP contribution in [0.3, 0.4) is 0 Å². The van der Waals surface area contributed by atoms with Crippen LogP contribution in [0.2, 0.25) is 0 Å². The molecule has 0 bridgehead atoms. The van der Waals surface area contributed by atoms with E-state index in [0.717, 1.165) is 12.8 Å². The topological polar surface area (TPSA) is 26.3 Å². The number of carbonyl (C=O) groups is 1. The summed E-state index contributed by atoms with van der Waals surface area (Å²) in [5.74, 6) is 0.461. The molecule has 0 heterocycles. The van der Waals surface area contributed by atoms with Crippen molar-refractivity contribution >= 4 is 17.0 Å². The maximum atomic E-state index is 10.1. The Kier molecular flexibility index (Phi) is 5.40. The first-order valence-electron chi connectivity index (χ1n) is 3.52. The summed E-state index contributed by atoms with van der Waals surface area (Å²) >= 11 is 4.97. The monoisotopic (exact) mass is 164 g/mol. The fourth-order valence-electron chi connectivity index (χ4n) is 0.708. The number of ether oxygens (including phenoxy) is 1. The minimum absolute atomic E-state index is 0.454. The minimum atomic E-state index is -0.702. The summed E-state index contributed by atoms with van der Waals surface area (Å²) < 4.78 is 4.61. The molecule has 0 amide bonds. The second kappa shape index (κ2) is 5.54. The van der Waals surface area contributed by atoms with Gasteiger partial charge in [0.25, 0.3) is 0 Å². The molecular weight excluding hydrogens is 152 g/mol. The second-order valence-electron chi connectivity index (χ2n) is 2.23. The van der Waals surface area contributed by atoms with Gasteiger partial charge in [0.2, 0.25) is 0 Å². The summed E-state index contributed by atoms with van der Waals surface area (Å²) in [5.41, 5.74) is -0.702. The van der Waals surface area contributed by atoms with Gasteiger partial charge in [-0.15, -0.1) is 0 Å². The molecule has 0 radical (unpaired) electrons. The minimum Gasteiger partial charge on any atom is -0.453 e. The summed E-state index contributed by atoms with van der Waals surface area (Å²) in [6, 6.07) is 0. The molecule has 0 saturated carbocycles. The zero-order valence-electron chi connectivity index (χ0n) is 6.39. The van der Waals surface area contributed by atoms with Gasteiger partial charge < -0.3 is 4.74 Å². The van der Waals surface area contributed by atoms with Gasteiger partial charge in [0.05, 0.1) is 6.61 Å². The highest BCUT2D eigenvalue weighted by molar-refractivity contribution is 6.61. The number of hydrogen-bond acceptors (Lipinski definition) is 2. The van der Waals surface area contributed by atoms with Crippen LogP contribution in [0.4, 0.5) is 4.79 Å². The average molecular weight is 165 g/mol. The maximum Gasteiger partial charge on any atom is 0.403 e. The first-order valence-corrected chi connectivity index (χ1v) is 3.90. The van der Waals surface area contributed by atoms with Crippen LogP contribution in [0.25, 0.3) is 0 Å². The van der Waals surface area contributed by atoms with Crippen molar-refractivity contribution in [3.63, 3.8) is 0 Å². The van der Waals surface area contributed by atoms with Gasteiger partial charge in [-0.3, -0.25) is 0 Å². The van der Waals surface area contributed by atoms with E-state index in [1.54, 1.807) is 0 Å². The molecule has 2 nitrogen and oxygen atoms in total. The van der Waals surface area contributed by atoms with Crippen molar-refractivity contribution in [1.82, 2.24) is 0 Å². The van der Waals surface area contributed by atoms with E-state index in [4.69, 9.17) is 11.6 Å². The van der Waals surface area contributed by atoms with Gasteiger partial charge in [0, 0.05) is 11.6 Å². The van der Waals surface area contributed by atoms with Crippen LogP contribution in [0.5, 0.6) is 0 Å². The van der Waals surface area contributed by atoms with Gasteiger partial charge in [0.15, 0.2) is 0 Å². The highest BCUT2D eigenvalue weighted by Gasteiger charge is 2.05. The Morgan fingerprint density at radius 3 is 2.30 bits per heavy atom. The summed E-state index contributed by atoms with van der Waals surface area (Å²) in [4.78, 5) is 10.1. The quantitative estimate of drug-likeness (QED) is 0.598. The van der Waals surface area contributed by atoms with Gasteiger partial charge in [-0.2, -0.15) is 0 Å². The Morgan fingerprint density at radius 2 is 2.00 bits per heavy atom. The molecule has 0 aromatic carbocycles. The molecular formula is C7H13ClO2. The standard InChI is InChI=1S/C7H13ClO2/c1-3-6(4-2)5-10-7(8)9/h6H,3-5H2,1-2H3. The molecule has 60 valence electrons. The Hall–Kier alpha value is -0.240. The van der Waals surface area contributed by atoms with Crippen LogP contribution in [0, 0.1) is 5.92 Å². The fraction of sp³-hybridized carbons (Fsp3) is 0.857. The summed E-state index contributed by atoms with van der Waals surface area (Å²) in [6.45, 7) is 4.59. The van der Waals surface area contributed by atoms with Crippen LogP contribution in [0.1, 0.15) is 26.7 Å². The van der Waals surface area contributed by atoms with Crippen molar-refractivity contribution in [2.24, 2.45) is 5.92 Å². The van der Waals surface area contributed by atoms with Crippen molar-refractivity contribution in [3.8, 4) is 0 Å². The lowest BCUT2D eigenvalue weighted by molar-refractivity contribution is 0.149. The molecule has 0 spiro atoms. The van der Waals surface area contributed by atoms with Gasteiger partial charge >= 0.3 is 5.43 Å². The predicted octanol–water partition coefficient (Wildman–Crippen LogP) is 2.80. The molecule has 0 fully saturated rings. The van der Waals surface area contributed by atoms with E-state index in [2.05, 4.69) is 18.6 Å². The predicted molar refractivity (Wildman–Crippen MR) is 41.3 cm³/mol. The fourth-order valence-corrected chi connectivity index (χ4v) is 0.771. The van der Waals surface area contributed by atoms with Crippen molar-refractivity contribution in [1.29, 1.82) is 0 Å². The molecule has 0 aromatic rings. The highest BCUT2D eigenvalue weighted by atomic mass is 35.5. The van der Waals surface area contributed by atoms with Crippen LogP contribution in [-0.4, -0.2) is 12.0 Å². The first kappa shape index (κ1) is 9.76. The van der Waals surface area contributed by atoms with Crippen LogP contribution in [0.15, 0.2) is 0 Å². The Bertz CT molecular complexity index is 99.8. The second-order valence-corrected chi connectivity index (χ2v) is 2.54.